The van der Waals surface area contributed by atoms with Gasteiger partial charge in [0.15, 0.2) is 0 Å². The molecule has 134 valence electrons. The van der Waals surface area contributed by atoms with E-state index < -0.39 is 0 Å². The molecule has 3 rings (SSSR count). The number of carbonyl (C=O) groups excluding carboxylic acids is 1. The van der Waals surface area contributed by atoms with Gasteiger partial charge in [-0.05, 0) is 56.7 Å². The topological polar surface area (TPSA) is 42.4 Å². The van der Waals surface area contributed by atoms with Crippen LogP contribution in [0.4, 0.5) is 0 Å². The summed E-state index contributed by atoms with van der Waals surface area (Å²) in [5.74, 6) is 0.844. The zero-order valence-electron chi connectivity index (χ0n) is 15.7. The first-order valence-electron chi connectivity index (χ1n) is 8.83. The van der Waals surface area contributed by atoms with E-state index in [0.29, 0.717) is 18.7 Å². The lowest BCUT2D eigenvalue weighted by Crippen LogP contribution is -2.26. The van der Waals surface area contributed by atoms with Crippen LogP contribution in [0.1, 0.15) is 34.1 Å². The number of aromatic nitrogens is 1. The van der Waals surface area contributed by atoms with Crippen molar-refractivity contribution in [2.45, 2.75) is 27.3 Å². The van der Waals surface area contributed by atoms with Crippen LogP contribution in [0.2, 0.25) is 0 Å². The van der Waals surface area contributed by atoms with Crippen molar-refractivity contribution in [2.75, 3.05) is 13.7 Å². The Balaban J connectivity index is 1.86. The first-order valence-corrected chi connectivity index (χ1v) is 8.83. The van der Waals surface area contributed by atoms with Crippen LogP contribution in [0.15, 0.2) is 48.5 Å². The molecule has 3 aromatic rings. The molecule has 0 atom stereocenters. The lowest BCUT2D eigenvalue weighted by molar-refractivity contribution is 0.0787. The Morgan fingerprint density at radius 1 is 1.08 bits per heavy atom. The number of fused-ring (bicyclic) bond motifs is 1. The number of nitrogens with zero attached hydrogens (tertiary/aromatic N) is 2. The van der Waals surface area contributed by atoms with Crippen molar-refractivity contribution >= 4 is 16.8 Å². The van der Waals surface area contributed by atoms with Crippen LogP contribution >= 0.6 is 0 Å². The normalized spacial score (nSPS) is 10.8. The van der Waals surface area contributed by atoms with Gasteiger partial charge in [0.1, 0.15) is 5.75 Å². The first kappa shape index (κ1) is 17.9. The van der Waals surface area contributed by atoms with Crippen LogP contribution in [0.3, 0.4) is 0 Å². The number of amides is 1. The van der Waals surface area contributed by atoms with Gasteiger partial charge < -0.3 is 9.64 Å². The summed E-state index contributed by atoms with van der Waals surface area (Å²) in [7, 11) is 1.83. The number of carbonyl (C=O) groups is 1. The molecule has 0 aliphatic heterocycles. The second-order valence-corrected chi connectivity index (χ2v) is 6.57. The highest BCUT2D eigenvalue weighted by molar-refractivity contribution is 6.06. The van der Waals surface area contributed by atoms with Crippen LogP contribution in [0.5, 0.6) is 5.75 Å². The first-order chi connectivity index (χ1) is 12.5. The number of ether oxygens (including phenoxy) is 1. The fourth-order valence-electron chi connectivity index (χ4n) is 3.06. The molecule has 26 heavy (non-hydrogen) atoms. The monoisotopic (exact) mass is 348 g/mol. The van der Waals surface area contributed by atoms with Gasteiger partial charge in [0.05, 0.1) is 17.7 Å². The number of hydrogen-bond acceptors (Lipinski definition) is 3. The summed E-state index contributed by atoms with van der Waals surface area (Å²) >= 11 is 0. The van der Waals surface area contributed by atoms with E-state index in [0.717, 1.165) is 33.5 Å². The molecule has 0 aliphatic carbocycles. The van der Waals surface area contributed by atoms with E-state index in [-0.39, 0.29) is 5.91 Å². The van der Waals surface area contributed by atoms with E-state index in [4.69, 9.17) is 4.74 Å². The van der Waals surface area contributed by atoms with Crippen LogP contribution in [-0.4, -0.2) is 29.4 Å². The van der Waals surface area contributed by atoms with Crippen LogP contribution < -0.4 is 4.74 Å². The molecule has 0 spiro atoms. The zero-order chi connectivity index (χ0) is 18.7. The standard InChI is InChI=1S/C22H24N2O2/c1-5-26-18-9-7-17(8-10-18)14-24(4)22(25)20-13-16(3)23-21-11-6-15(2)12-19(20)21/h6-13H,5,14H2,1-4H3. The quantitative estimate of drug-likeness (QED) is 0.681. The number of benzene rings is 2. The summed E-state index contributed by atoms with van der Waals surface area (Å²) in [5.41, 5.74) is 4.58. The summed E-state index contributed by atoms with van der Waals surface area (Å²) < 4.78 is 5.47. The molecule has 1 amide bonds. The van der Waals surface area contributed by atoms with Gasteiger partial charge in [0, 0.05) is 24.7 Å². The van der Waals surface area contributed by atoms with E-state index in [1.54, 1.807) is 4.90 Å². The van der Waals surface area contributed by atoms with Gasteiger partial charge in [-0.25, -0.2) is 0 Å². The maximum Gasteiger partial charge on any atom is 0.254 e. The molecule has 0 saturated heterocycles. The van der Waals surface area contributed by atoms with Crippen molar-refractivity contribution in [3.63, 3.8) is 0 Å². The van der Waals surface area contributed by atoms with Crippen molar-refractivity contribution in [3.05, 3.63) is 70.9 Å². The van der Waals surface area contributed by atoms with Gasteiger partial charge in [-0.1, -0.05) is 23.8 Å². The third-order valence-corrected chi connectivity index (χ3v) is 4.32. The van der Waals surface area contributed by atoms with Crippen molar-refractivity contribution in [2.24, 2.45) is 0 Å². The minimum atomic E-state index is -0.0000141. The smallest absolute Gasteiger partial charge is 0.254 e. The molecule has 0 fully saturated rings. The molecule has 0 saturated carbocycles. The van der Waals surface area contributed by atoms with E-state index in [1.807, 2.05) is 76.3 Å². The lowest BCUT2D eigenvalue weighted by atomic mass is 10.0. The van der Waals surface area contributed by atoms with Crippen LogP contribution in [0.25, 0.3) is 10.9 Å². The Morgan fingerprint density at radius 2 is 1.81 bits per heavy atom. The van der Waals surface area contributed by atoms with Crippen LogP contribution in [0, 0.1) is 13.8 Å². The lowest BCUT2D eigenvalue weighted by Gasteiger charge is -2.19. The number of pyridine rings is 1. The highest BCUT2D eigenvalue weighted by Gasteiger charge is 2.16. The van der Waals surface area contributed by atoms with E-state index in [2.05, 4.69) is 4.98 Å². The van der Waals surface area contributed by atoms with Gasteiger partial charge in [-0.2, -0.15) is 0 Å². The van der Waals surface area contributed by atoms with E-state index in [9.17, 15) is 4.79 Å². The minimum absolute atomic E-state index is 0.0000141. The summed E-state index contributed by atoms with van der Waals surface area (Å²) in [6, 6.07) is 15.8. The van der Waals surface area contributed by atoms with Crippen LogP contribution in [-0.2, 0) is 6.54 Å². The number of aryl methyl sites for hydroxylation is 2. The van der Waals surface area contributed by atoms with Crippen molar-refractivity contribution in [1.29, 1.82) is 0 Å². The highest BCUT2D eigenvalue weighted by atomic mass is 16.5. The van der Waals surface area contributed by atoms with Gasteiger partial charge >= 0.3 is 0 Å². The minimum Gasteiger partial charge on any atom is -0.494 e. The Morgan fingerprint density at radius 3 is 2.50 bits per heavy atom. The summed E-state index contributed by atoms with van der Waals surface area (Å²) in [5, 5.41) is 0.902. The van der Waals surface area contributed by atoms with Crippen molar-refractivity contribution in [3.8, 4) is 5.75 Å². The molecule has 1 heterocycles. The second-order valence-electron chi connectivity index (χ2n) is 6.57. The molecule has 4 nitrogen and oxygen atoms in total. The average molecular weight is 348 g/mol. The molecule has 0 aliphatic rings. The Kier molecular flexibility index (Phi) is 5.21. The maximum atomic E-state index is 13.1. The largest absolute Gasteiger partial charge is 0.494 e. The Bertz CT molecular complexity index is 933. The van der Waals surface area contributed by atoms with E-state index in [1.165, 1.54) is 0 Å². The molecule has 0 radical (unpaired) electrons. The Hall–Kier alpha value is -2.88. The number of rotatable bonds is 5. The predicted octanol–water partition coefficient (Wildman–Crippen LogP) is 4.52. The van der Waals surface area contributed by atoms with Gasteiger partial charge in [-0.15, -0.1) is 0 Å². The SMILES string of the molecule is CCOc1ccc(CN(C)C(=O)c2cc(C)nc3ccc(C)cc23)cc1. The molecular weight excluding hydrogens is 324 g/mol. The summed E-state index contributed by atoms with van der Waals surface area (Å²) in [6.45, 7) is 7.09. The van der Waals surface area contributed by atoms with Gasteiger partial charge in [-0.3, -0.25) is 9.78 Å². The zero-order valence-corrected chi connectivity index (χ0v) is 15.7. The molecule has 0 unspecified atom stereocenters. The molecule has 1 aromatic heterocycles. The summed E-state index contributed by atoms with van der Waals surface area (Å²) in [6.07, 6.45) is 0. The maximum absolute atomic E-state index is 13.1. The third kappa shape index (κ3) is 3.85. The predicted molar refractivity (Wildman–Crippen MR) is 105 cm³/mol. The molecule has 0 bridgehead atoms. The molecular formula is C22H24N2O2. The van der Waals surface area contributed by atoms with E-state index >= 15 is 0 Å². The van der Waals surface area contributed by atoms with Gasteiger partial charge in [0.25, 0.3) is 5.91 Å². The fourth-order valence-corrected chi connectivity index (χ4v) is 3.06. The molecule has 2 aromatic carbocycles. The molecule has 0 N–H and O–H groups in total. The van der Waals surface area contributed by atoms with Crippen molar-refractivity contribution < 1.29 is 9.53 Å². The highest BCUT2D eigenvalue weighted by Crippen LogP contribution is 2.22. The van der Waals surface area contributed by atoms with Crippen molar-refractivity contribution in [1.82, 2.24) is 9.88 Å². The third-order valence-electron chi connectivity index (χ3n) is 4.32. The Labute approximate surface area is 154 Å². The second kappa shape index (κ2) is 7.56. The number of hydrogen-bond donors (Lipinski definition) is 0. The molecule has 4 heteroatoms. The van der Waals surface area contributed by atoms with Gasteiger partial charge in [0.2, 0.25) is 0 Å². The fraction of sp³-hybridized carbons (Fsp3) is 0.273. The summed E-state index contributed by atoms with van der Waals surface area (Å²) in [4.78, 5) is 19.4. The average Bonchev–Trinajstić information content (AvgIpc) is 2.62.